The topological polar surface area (TPSA) is 22.1 Å². The highest BCUT2D eigenvalue weighted by atomic mass is 32.1. The summed E-state index contributed by atoms with van der Waals surface area (Å²) in [5, 5.41) is 1.14. The average molecular weight is 207 g/mol. The van der Waals surface area contributed by atoms with Crippen molar-refractivity contribution in [1.82, 2.24) is 4.98 Å². The van der Waals surface area contributed by atoms with Crippen LogP contribution < -0.4 is 4.74 Å². The number of methoxy groups -OCH3 is 1. The predicted octanol–water partition coefficient (Wildman–Crippen LogP) is 2.79. The Morgan fingerprint density at radius 3 is 2.50 bits per heavy atom. The number of pyridine rings is 1. The van der Waals surface area contributed by atoms with E-state index in [-0.39, 0.29) is 0 Å². The third kappa shape index (κ3) is 2.39. The summed E-state index contributed by atoms with van der Waals surface area (Å²) in [6.45, 7) is 0. The molecule has 0 aliphatic heterocycles. The van der Waals surface area contributed by atoms with Crippen molar-refractivity contribution in [2.45, 2.75) is 0 Å². The van der Waals surface area contributed by atoms with Crippen LogP contribution in [0.4, 0.5) is 0 Å². The van der Waals surface area contributed by atoms with Crippen LogP contribution in [0.2, 0.25) is 0 Å². The Morgan fingerprint density at radius 1 is 1.07 bits per heavy atom. The summed E-state index contributed by atoms with van der Waals surface area (Å²) in [4.78, 5) is 4.27. The van der Waals surface area contributed by atoms with Gasteiger partial charge in [0.2, 0.25) is 5.88 Å². The van der Waals surface area contributed by atoms with Gasteiger partial charge in [0, 0.05) is 11.5 Å². The third-order valence-electron chi connectivity index (χ3n) is 1.78. The summed E-state index contributed by atoms with van der Waals surface area (Å²) in [5.41, 5.74) is 0.969. The van der Waals surface area contributed by atoms with Crippen molar-refractivity contribution in [1.29, 1.82) is 0 Å². The zero-order valence-corrected chi connectivity index (χ0v) is 9.16. The molecule has 0 aliphatic carbocycles. The maximum absolute atomic E-state index is 5.01. The van der Waals surface area contributed by atoms with Gasteiger partial charge in [0.15, 0.2) is 0 Å². The Balaban J connectivity index is 0.000000461. The molecule has 0 saturated carbocycles. The van der Waals surface area contributed by atoms with E-state index in [4.69, 9.17) is 4.74 Å². The molecular weight excluding hydrogens is 194 g/mol. The summed E-state index contributed by atoms with van der Waals surface area (Å²) < 4.78 is 5.01. The third-order valence-corrected chi connectivity index (χ3v) is 1.78. The highest BCUT2D eigenvalue weighted by Gasteiger charge is 1.94. The number of hydrogen-bond donors (Lipinski definition) is 1. The van der Waals surface area contributed by atoms with Crippen LogP contribution in [0.5, 0.6) is 5.88 Å². The maximum atomic E-state index is 5.01. The van der Waals surface area contributed by atoms with Crippen LogP contribution in [0.15, 0.2) is 36.4 Å². The summed E-state index contributed by atoms with van der Waals surface area (Å²) >= 11 is 3.53. The van der Waals surface area contributed by atoms with Crippen LogP contribution in [-0.2, 0) is 0 Å². The fraction of sp³-hybridized carbons (Fsp3) is 0.182. The van der Waals surface area contributed by atoms with Gasteiger partial charge in [-0.3, -0.25) is 0 Å². The normalized spacial score (nSPS) is 9.07. The number of aromatic nitrogens is 1. The summed E-state index contributed by atoms with van der Waals surface area (Å²) in [6.07, 6.45) is 1.69. The lowest BCUT2D eigenvalue weighted by Crippen LogP contribution is -1.86. The second kappa shape index (κ2) is 5.50. The van der Waals surface area contributed by atoms with Gasteiger partial charge in [0.25, 0.3) is 0 Å². The minimum atomic E-state index is 0.661. The number of benzene rings is 1. The van der Waals surface area contributed by atoms with Gasteiger partial charge in [0.1, 0.15) is 0 Å². The molecular formula is C11H13NOS. The number of thiol groups is 1. The van der Waals surface area contributed by atoms with Gasteiger partial charge in [-0.1, -0.05) is 18.2 Å². The average Bonchev–Trinajstić information content (AvgIpc) is 2.31. The van der Waals surface area contributed by atoms with E-state index >= 15 is 0 Å². The molecule has 1 heterocycles. The van der Waals surface area contributed by atoms with E-state index in [0.29, 0.717) is 5.88 Å². The lowest BCUT2D eigenvalue weighted by molar-refractivity contribution is 0.399. The second-order valence-corrected chi connectivity index (χ2v) is 2.55. The van der Waals surface area contributed by atoms with Crippen LogP contribution in [0, 0.1) is 0 Å². The van der Waals surface area contributed by atoms with Gasteiger partial charge in [-0.2, -0.15) is 12.6 Å². The minimum absolute atomic E-state index is 0.661. The molecule has 0 bridgehead atoms. The highest BCUT2D eigenvalue weighted by molar-refractivity contribution is 7.79. The molecule has 0 N–H and O–H groups in total. The summed E-state index contributed by atoms with van der Waals surface area (Å²) in [6, 6.07) is 11.8. The summed E-state index contributed by atoms with van der Waals surface area (Å²) in [7, 11) is 1.62. The van der Waals surface area contributed by atoms with Gasteiger partial charge in [-0.15, -0.1) is 0 Å². The lowest BCUT2D eigenvalue weighted by Gasteiger charge is -1.99. The van der Waals surface area contributed by atoms with Gasteiger partial charge >= 0.3 is 0 Å². The number of hydrogen-bond acceptors (Lipinski definition) is 3. The van der Waals surface area contributed by atoms with Gasteiger partial charge in [0.05, 0.1) is 12.6 Å². The van der Waals surface area contributed by atoms with Crippen molar-refractivity contribution in [3.05, 3.63) is 36.4 Å². The second-order valence-electron chi connectivity index (χ2n) is 2.55. The molecule has 0 saturated heterocycles. The first kappa shape index (κ1) is 10.9. The molecule has 1 aromatic heterocycles. The zero-order valence-electron chi connectivity index (χ0n) is 8.27. The number of para-hydroxylation sites is 1. The molecule has 0 amide bonds. The Bertz CT molecular complexity index is 403. The number of ether oxygens (including phenoxy) is 1. The van der Waals surface area contributed by atoms with Crippen LogP contribution in [0.1, 0.15) is 0 Å². The first-order valence-corrected chi connectivity index (χ1v) is 5.14. The van der Waals surface area contributed by atoms with Gasteiger partial charge in [-0.05, 0) is 18.4 Å². The molecule has 2 aromatic rings. The molecule has 2 rings (SSSR count). The number of rotatable bonds is 1. The Kier molecular flexibility index (Phi) is 4.26. The van der Waals surface area contributed by atoms with E-state index in [1.807, 2.05) is 36.4 Å². The SMILES string of the molecule is COc1ccc2ccccc2n1.CS. The molecule has 2 nitrogen and oxygen atoms in total. The van der Waals surface area contributed by atoms with E-state index in [1.165, 1.54) is 0 Å². The monoisotopic (exact) mass is 207 g/mol. The Hall–Kier alpha value is -1.22. The van der Waals surface area contributed by atoms with E-state index in [0.717, 1.165) is 10.9 Å². The van der Waals surface area contributed by atoms with E-state index in [1.54, 1.807) is 13.4 Å². The minimum Gasteiger partial charge on any atom is -0.481 e. The zero-order chi connectivity index (χ0) is 10.4. The molecule has 0 radical (unpaired) electrons. The van der Waals surface area contributed by atoms with Crippen molar-refractivity contribution in [3.63, 3.8) is 0 Å². The Morgan fingerprint density at radius 2 is 1.79 bits per heavy atom. The standard InChI is InChI=1S/C10H9NO.CH4S/c1-12-10-7-6-8-4-2-3-5-9(8)11-10;1-2/h2-7H,1H3;2H,1H3. The number of fused-ring (bicyclic) bond motifs is 1. The molecule has 0 atom stereocenters. The molecule has 0 spiro atoms. The van der Waals surface area contributed by atoms with Gasteiger partial charge in [-0.25, -0.2) is 4.98 Å². The lowest BCUT2D eigenvalue weighted by atomic mass is 10.2. The Labute approximate surface area is 89.3 Å². The van der Waals surface area contributed by atoms with Crippen molar-refractivity contribution in [2.24, 2.45) is 0 Å². The van der Waals surface area contributed by atoms with E-state index < -0.39 is 0 Å². The van der Waals surface area contributed by atoms with Crippen molar-refractivity contribution in [3.8, 4) is 5.88 Å². The van der Waals surface area contributed by atoms with E-state index in [2.05, 4.69) is 17.6 Å². The smallest absolute Gasteiger partial charge is 0.213 e. The first-order chi connectivity index (χ1) is 6.90. The van der Waals surface area contributed by atoms with Crippen molar-refractivity contribution >= 4 is 23.5 Å². The fourth-order valence-corrected chi connectivity index (χ4v) is 1.16. The van der Waals surface area contributed by atoms with Crippen molar-refractivity contribution in [2.75, 3.05) is 13.4 Å². The largest absolute Gasteiger partial charge is 0.481 e. The number of nitrogens with zero attached hydrogens (tertiary/aromatic N) is 1. The highest BCUT2D eigenvalue weighted by Crippen LogP contribution is 2.15. The van der Waals surface area contributed by atoms with Crippen LogP contribution in [0.25, 0.3) is 10.9 Å². The fourth-order valence-electron chi connectivity index (χ4n) is 1.16. The molecule has 74 valence electrons. The van der Waals surface area contributed by atoms with Crippen molar-refractivity contribution < 1.29 is 4.74 Å². The van der Waals surface area contributed by atoms with Crippen LogP contribution in [0.3, 0.4) is 0 Å². The quantitative estimate of drug-likeness (QED) is 0.726. The van der Waals surface area contributed by atoms with Gasteiger partial charge < -0.3 is 4.74 Å². The molecule has 3 heteroatoms. The summed E-state index contributed by atoms with van der Waals surface area (Å²) in [5.74, 6) is 0.661. The molecule has 1 aromatic carbocycles. The molecule has 14 heavy (non-hydrogen) atoms. The van der Waals surface area contributed by atoms with Crippen LogP contribution >= 0.6 is 12.6 Å². The maximum Gasteiger partial charge on any atom is 0.213 e. The molecule has 0 unspecified atom stereocenters. The predicted molar refractivity (Wildman–Crippen MR) is 63.2 cm³/mol. The molecule has 0 aliphatic rings. The first-order valence-electron chi connectivity index (χ1n) is 4.24. The van der Waals surface area contributed by atoms with Crippen LogP contribution in [-0.4, -0.2) is 18.3 Å². The molecule has 0 fully saturated rings. The van der Waals surface area contributed by atoms with E-state index in [9.17, 15) is 0 Å².